The molecule has 8 rings (SSSR count). The van der Waals surface area contributed by atoms with Crippen molar-refractivity contribution in [3.63, 3.8) is 0 Å². The molecule has 3 spiro atoms. The summed E-state index contributed by atoms with van der Waals surface area (Å²) in [6, 6.07) is 0. The van der Waals surface area contributed by atoms with Crippen LogP contribution in [0, 0.1) is 44.8 Å². The van der Waals surface area contributed by atoms with Crippen LogP contribution >= 0.6 is 0 Å². The molecule has 3 saturated heterocycles. The molecule has 1 unspecified atom stereocenters. The third-order valence-corrected chi connectivity index (χ3v) is 14.4. The van der Waals surface area contributed by atoms with Crippen molar-refractivity contribution in [1.82, 2.24) is 0 Å². The minimum atomic E-state index is -0.979. The summed E-state index contributed by atoms with van der Waals surface area (Å²) < 4.78 is 25.5. The summed E-state index contributed by atoms with van der Waals surface area (Å²) in [5.74, 6) is -0.249. The average molecular weight is 543 g/mol. The van der Waals surface area contributed by atoms with Crippen LogP contribution in [-0.2, 0) is 23.7 Å². The van der Waals surface area contributed by atoms with E-state index in [2.05, 4.69) is 40.7 Å². The highest BCUT2D eigenvalue weighted by atomic mass is 16.8. The van der Waals surface area contributed by atoms with Crippen molar-refractivity contribution >= 4 is 5.97 Å². The number of ether oxygens (including phenoxy) is 4. The lowest BCUT2D eigenvalue weighted by molar-refractivity contribution is -0.345. The Labute approximate surface area is 232 Å². The van der Waals surface area contributed by atoms with Crippen LogP contribution in [-0.4, -0.2) is 58.3 Å². The average Bonchev–Trinajstić information content (AvgIpc) is 3.67. The second-order valence-electron chi connectivity index (χ2n) is 16.1. The zero-order valence-corrected chi connectivity index (χ0v) is 24.6. The summed E-state index contributed by atoms with van der Waals surface area (Å²) >= 11 is 0. The van der Waals surface area contributed by atoms with Crippen molar-refractivity contribution in [2.75, 3.05) is 0 Å². The van der Waals surface area contributed by atoms with Gasteiger partial charge < -0.3 is 29.2 Å². The van der Waals surface area contributed by atoms with Gasteiger partial charge in [-0.3, -0.25) is 4.79 Å². The predicted octanol–water partition coefficient (Wildman–Crippen LogP) is 4.49. The number of aliphatic hydroxyl groups excluding tert-OH is 2. The maximum atomic E-state index is 12.7. The molecule has 5 aliphatic carbocycles. The van der Waals surface area contributed by atoms with Crippen LogP contribution in [0.15, 0.2) is 11.6 Å². The van der Waals surface area contributed by atoms with Gasteiger partial charge in [0.1, 0.15) is 17.8 Å². The van der Waals surface area contributed by atoms with E-state index >= 15 is 0 Å². The maximum absolute atomic E-state index is 12.7. The largest absolute Gasteiger partial charge is 0.462 e. The van der Waals surface area contributed by atoms with Crippen molar-refractivity contribution < 1.29 is 34.0 Å². The second-order valence-corrected chi connectivity index (χ2v) is 16.1. The molecule has 39 heavy (non-hydrogen) atoms. The van der Waals surface area contributed by atoms with E-state index < -0.39 is 17.7 Å². The van der Waals surface area contributed by atoms with Gasteiger partial charge in [-0.15, -0.1) is 0 Å². The molecule has 0 bridgehead atoms. The van der Waals surface area contributed by atoms with Gasteiger partial charge in [-0.1, -0.05) is 46.3 Å². The molecule has 0 aromatic heterocycles. The number of fused-ring (bicyclic) bond motifs is 6. The van der Waals surface area contributed by atoms with E-state index in [1.165, 1.54) is 0 Å². The Bertz CT molecular complexity index is 1200. The highest BCUT2D eigenvalue weighted by Crippen LogP contribution is 2.88. The van der Waals surface area contributed by atoms with Gasteiger partial charge in [0.05, 0.1) is 12.2 Å². The number of epoxide rings is 1. The number of allylic oxidation sites excluding steroid dienone is 2. The van der Waals surface area contributed by atoms with Crippen molar-refractivity contribution in [1.29, 1.82) is 0 Å². The number of rotatable bonds is 1. The number of esters is 1. The lowest BCUT2D eigenvalue weighted by atomic mass is 9.44. The first-order valence-electron chi connectivity index (χ1n) is 15.4. The number of hydrogen-bond donors (Lipinski definition) is 2. The van der Waals surface area contributed by atoms with Crippen LogP contribution in [0.3, 0.4) is 0 Å². The molecule has 4 saturated carbocycles. The van der Waals surface area contributed by atoms with Gasteiger partial charge in [0.2, 0.25) is 5.79 Å². The van der Waals surface area contributed by atoms with E-state index in [0.29, 0.717) is 12.3 Å². The van der Waals surface area contributed by atoms with Gasteiger partial charge in [-0.05, 0) is 74.0 Å². The molecule has 216 valence electrons. The van der Waals surface area contributed by atoms with Gasteiger partial charge in [0, 0.05) is 29.6 Å². The molecule has 0 radical (unpaired) electrons. The summed E-state index contributed by atoms with van der Waals surface area (Å²) in [6.07, 6.45) is 7.18. The minimum Gasteiger partial charge on any atom is -0.462 e. The second kappa shape index (κ2) is 6.96. The van der Waals surface area contributed by atoms with Gasteiger partial charge >= 0.3 is 5.97 Å². The molecule has 0 amide bonds. The number of carbonyl (C=O) groups excluding carboxylic acids is 1. The number of hydrogen-bond acceptors (Lipinski definition) is 7. The molecule has 8 aliphatic rings. The molecule has 2 N–H and O–H groups in total. The first-order chi connectivity index (χ1) is 18.1. The fourth-order valence-corrected chi connectivity index (χ4v) is 12.5. The third kappa shape index (κ3) is 2.60. The number of aliphatic hydroxyl groups is 2. The van der Waals surface area contributed by atoms with E-state index in [-0.39, 0.29) is 69.3 Å². The van der Waals surface area contributed by atoms with Gasteiger partial charge in [-0.2, -0.15) is 0 Å². The van der Waals surface area contributed by atoms with Crippen LogP contribution in [0.25, 0.3) is 0 Å². The summed E-state index contributed by atoms with van der Waals surface area (Å²) in [4.78, 5) is 12.7. The van der Waals surface area contributed by atoms with Gasteiger partial charge in [0.25, 0.3) is 0 Å². The molecule has 3 heterocycles. The highest BCUT2D eigenvalue weighted by molar-refractivity contribution is 5.66. The minimum absolute atomic E-state index is 0.0222. The Balaban J connectivity index is 1.23. The van der Waals surface area contributed by atoms with Crippen molar-refractivity contribution in [3.8, 4) is 0 Å². The van der Waals surface area contributed by atoms with E-state index in [9.17, 15) is 15.0 Å². The van der Waals surface area contributed by atoms with E-state index in [4.69, 9.17) is 18.9 Å². The predicted molar refractivity (Wildman–Crippen MR) is 141 cm³/mol. The third-order valence-electron chi connectivity index (χ3n) is 14.4. The van der Waals surface area contributed by atoms with E-state index in [1.807, 2.05) is 6.92 Å². The normalized spacial score (nSPS) is 63.1. The fourth-order valence-electron chi connectivity index (χ4n) is 12.5. The summed E-state index contributed by atoms with van der Waals surface area (Å²) in [7, 11) is 0. The smallest absolute Gasteiger partial charge is 0.302 e. The molecule has 14 atom stereocenters. The zero-order valence-electron chi connectivity index (χ0n) is 24.6. The Kier molecular flexibility index (Phi) is 4.59. The first kappa shape index (κ1) is 25.7. The standard InChI is InChI=1S/C32H46O7/c1-16-12-32(24-29(7,38-24)25(35)39-32)37-18-13-27(5)20-9-8-19-26(3,4)21(34)10-11-30(19)15-31(20,30)14-22(36-17(2)33)28(27,6)23(16)18/h9,16,18-19,21-25,34-35H,8,10-15H2,1-7H3/t16-,18+,19?,21+,22-,23+,24-,25-,27+,28-,29+,30-,31+,32-/m1/s1. The van der Waals surface area contributed by atoms with Crippen molar-refractivity contribution in [3.05, 3.63) is 11.6 Å². The first-order valence-corrected chi connectivity index (χ1v) is 15.4. The molecular formula is C32H46O7. The fraction of sp³-hybridized carbons (Fsp3) is 0.906. The SMILES string of the molecule is CC(=O)O[C@@H]1C[C@@]23C[C@@]24CC[C@H](O)C(C)(C)C4CC=C3[C@]2(C)C[C@@H]3O[C@]4(C[C@@H](C)[C@@H]3[C@@]12C)O[C@@H](O)[C@@]1(C)O[C@@H]41. The molecule has 0 aromatic rings. The van der Waals surface area contributed by atoms with Crippen molar-refractivity contribution in [2.24, 2.45) is 44.8 Å². The summed E-state index contributed by atoms with van der Waals surface area (Å²) in [5, 5.41) is 21.6. The number of carbonyl (C=O) groups is 1. The van der Waals surface area contributed by atoms with Gasteiger partial charge in [0.15, 0.2) is 6.29 Å². The molecular weight excluding hydrogens is 496 g/mol. The highest BCUT2D eigenvalue weighted by Gasteiger charge is 2.85. The zero-order chi connectivity index (χ0) is 27.8. The van der Waals surface area contributed by atoms with E-state index in [1.54, 1.807) is 12.5 Å². The molecule has 7 heteroatoms. The Morgan fingerprint density at radius 2 is 1.79 bits per heavy atom. The van der Waals surface area contributed by atoms with Crippen molar-refractivity contribution in [2.45, 2.75) is 136 Å². The summed E-state index contributed by atoms with van der Waals surface area (Å²) in [6.45, 7) is 15.1. The van der Waals surface area contributed by atoms with Gasteiger partial charge in [-0.25, -0.2) is 0 Å². The summed E-state index contributed by atoms with van der Waals surface area (Å²) in [5.41, 5.74) is 0.472. The Hall–Kier alpha value is -0.990. The maximum Gasteiger partial charge on any atom is 0.302 e. The quantitative estimate of drug-likeness (QED) is 0.286. The molecule has 0 aromatic carbocycles. The topological polar surface area (TPSA) is 97.8 Å². The van der Waals surface area contributed by atoms with Crippen LogP contribution in [0.1, 0.15) is 93.4 Å². The lowest BCUT2D eigenvalue weighted by Gasteiger charge is -2.62. The Morgan fingerprint density at radius 3 is 2.44 bits per heavy atom. The van der Waals surface area contributed by atoms with Crippen LogP contribution < -0.4 is 0 Å². The lowest BCUT2D eigenvalue weighted by Crippen LogP contribution is -2.61. The van der Waals surface area contributed by atoms with Crippen LogP contribution in [0.5, 0.6) is 0 Å². The Morgan fingerprint density at radius 1 is 1.05 bits per heavy atom. The van der Waals surface area contributed by atoms with E-state index in [0.717, 1.165) is 38.5 Å². The molecule has 7 fully saturated rings. The molecule has 7 nitrogen and oxygen atoms in total. The molecule has 3 aliphatic heterocycles. The monoisotopic (exact) mass is 542 g/mol. The van der Waals surface area contributed by atoms with Crippen LogP contribution in [0.4, 0.5) is 0 Å². The van der Waals surface area contributed by atoms with Crippen LogP contribution in [0.2, 0.25) is 0 Å².